The van der Waals surface area contributed by atoms with Crippen LogP contribution in [0.3, 0.4) is 0 Å². The van der Waals surface area contributed by atoms with Crippen LogP contribution in [0.1, 0.15) is 94.4 Å². The maximum atomic E-state index is 12.5. The number of hydrogen-bond donors (Lipinski definition) is 2. The predicted molar refractivity (Wildman–Crippen MR) is 97.1 cm³/mol. The Balaban J connectivity index is 4.40. The van der Waals surface area contributed by atoms with Crippen molar-refractivity contribution in [2.24, 2.45) is 5.41 Å². The number of nitrogens with one attached hydrogen (secondary N) is 2. The molecule has 1 atom stereocenters. The molecule has 0 rings (SSSR count). The zero-order chi connectivity index (χ0) is 17.6. The molecule has 0 aliphatic carbocycles. The third-order valence-corrected chi connectivity index (χ3v) is 3.34. The second kappa shape index (κ2) is 8.33. The molecular formula is C19H40N2O. The third-order valence-electron chi connectivity index (χ3n) is 3.34. The molecule has 22 heavy (non-hydrogen) atoms. The van der Waals surface area contributed by atoms with Gasteiger partial charge >= 0.3 is 0 Å². The monoisotopic (exact) mass is 312 g/mol. The molecule has 0 aliphatic heterocycles. The second-order valence-electron chi connectivity index (χ2n) is 9.85. The minimum atomic E-state index is -0.179. The highest BCUT2D eigenvalue weighted by molar-refractivity contribution is 5.82. The number of carbonyl (C=O) groups is 1. The molecule has 0 heterocycles. The van der Waals surface area contributed by atoms with Gasteiger partial charge in [-0.25, -0.2) is 0 Å². The maximum absolute atomic E-state index is 12.5. The van der Waals surface area contributed by atoms with Crippen LogP contribution >= 0.6 is 0 Å². The van der Waals surface area contributed by atoms with Gasteiger partial charge in [-0.3, -0.25) is 4.79 Å². The fourth-order valence-corrected chi connectivity index (χ4v) is 2.43. The number of amides is 1. The van der Waals surface area contributed by atoms with Crippen LogP contribution in [-0.2, 0) is 4.79 Å². The average molecular weight is 313 g/mol. The molecule has 0 radical (unpaired) electrons. The van der Waals surface area contributed by atoms with Crippen molar-refractivity contribution in [3.63, 3.8) is 0 Å². The van der Waals surface area contributed by atoms with Gasteiger partial charge in [0.1, 0.15) is 0 Å². The van der Waals surface area contributed by atoms with Crippen molar-refractivity contribution >= 4 is 5.91 Å². The van der Waals surface area contributed by atoms with Gasteiger partial charge in [0.2, 0.25) is 5.91 Å². The molecule has 3 heteroatoms. The van der Waals surface area contributed by atoms with Crippen LogP contribution in [-0.4, -0.2) is 23.0 Å². The van der Waals surface area contributed by atoms with E-state index >= 15 is 0 Å². The SMILES string of the molecule is CC(C)(C)CCCCC[C@H](NC(C)(C)C)C(=O)NC(C)(C)C. The summed E-state index contributed by atoms with van der Waals surface area (Å²) in [6, 6.07) is -0.103. The summed E-state index contributed by atoms with van der Waals surface area (Å²) in [5.74, 6) is 0.123. The largest absolute Gasteiger partial charge is 0.350 e. The lowest BCUT2D eigenvalue weighted by molar-refractivity contribution is -0.125. The minimum absolute atomic E-state index is 0.0503. The van der Waals surface area contributed by atoms with Crippen molar-refractivity contribution in [3.05, 3.63) is 0 Å². The van der Waals surface area contributed by atoms with Gasteiger partial charge in [0.15, 0.2) is 0 Å². The molecule has 0 unspecified atom stereocenters. The van der Waals surface area contributed by atoms with Crippen molar-refractivity contribution in [3.8, 4) is 0 Å². The summed E-state index contributed by atoms with van der Waals surface area (Å²) in [5.41, 5.74) is 0.180. The van der Waals surface area contributed by atoms with Crippen LogP contribution in [0.5, 0.6) is 0 Å². The van der Waals surface area contributed by atoms with Gasteiger partial charge in [-0.2, -0.15) is 0 Å². The zero-order valence-corrected chi connectivity index (χ0v) is 16.5. The van der Waals surface area contributed by atoms with Gasteiger partial charge in [-0.05, 0) is 59.8 Å². The fourth-order valence-electron chi connectivity index (χ4n) is 2.43. The molecule has 0 saturated heterocycles. The van der Waals surface area contributed by atoms with Crippen molar-refractivity contribution in [2.75, 3.05) is 0 Å². The highest BCUT2D eigenvalue weighted by Gasteiger charge is 2.26. The Morgan fingerprint density at radius 2 is 1.36 bits per heavy atom. The minimum Gasteiger partial charge on any atom is -0.350 e. The van der Waals surface area contributed by atoms with E-state index in [2.05, 4.69) is 52.2 Å². The summed E-state index contributed by atoms with van der Waals surface area (Å²) in [7, 11) is 0. The highest BCUT2D eigenvalue weighted by atomic mass is 16.2. The highest BCUT2D eigenvalue weighted by Crippen LogP contribution is 2.22. The van der Waals surface area contributed by atoms with E-state index in [0.717, 1.165) is 12.8 Å². The van der Waals surface area contributed by atoms with Gasteiger partial charge in [0.05, 0.1) is 6.04 Å². The van der Waals surface area contributed by atoms with Gasteiger partial charge in [-0.1, -0.05) is 40.0 Å². The summed E-state index contributed by atoms with van der Waals surface area (Å²) in [4.78, 5) is 12.5. The smallest absolute Gasteiger partial charge is 0.237 e. The van der Waals surface area contributed by atoms with Gasteiger partial charge in [-0.15, -0.1) is 0 Å². The molecule has 0 aliphatic rings. The van der Waals surface area contributed by atoms with Gasteiger partial charge in [0.25, 0.3) is 0 Å². The molecule has 2 N–H and O–H groups in total. The maximum Gasteiger partial charge on any atom is 0.237 e. The van der Waals surface area contributed by atoms with Crippen LogP contribution in [0.2, 0.25) is 0 Å². The van der Waals surface area contributed by atoms with E-state index < -0.39 is 0 Å². The van der Waals surface area contributed by atoms with Crippen LogP contribution in [0, 0.1) is 5.41 Å². The van der Waals surface area contributed by atoms with Crippen LogP contribution < -0.4 is 10.6 Å². The van der Waals surface area contributed by atoms with E-state index in [1.54, 1.807) is 0 Å². The molecule has 1 amide bonds. The lowest BCUT2D eigenvalue weighted by Crippen LogP contribution is -2.55. The molecule has 0 fully saturated rings. The van der Waals surface area contributed by atoms with Gasteiger partial charge < -0.3 is 10.6 Å². The molecule has 0 saturated carbocycles. The molecule has 3 nitrogen and oxygen atoms in total. The normalized spacial score (nSPS) is 14.8. The first-order valence-corrected chi connectivity index (χ1v) is 8.79. The summed E-state index contributed by atoms with van der Waals surface area (Å²) >= 11 is 0. The Labute approximate surface area is 139 Å². The Morgan fingerprint density at radius 3 is 1.77 bits per heavy atom. The zero-order valence-electron chi connectivity index (χ0n) is 16.5. The lowest BCUT2D eigenvalue weighted by atomic mass is 9.89. The molecule has 0 aromatic rings. The Morgan fingerprint density at radius 1 is 0.818 bits per heavy atom. The summed E-state index contributed by atoms with van der Waals surface area (Å²) < 4.78 is 0. The van der Waals surface area contributed by atoms with Crippen LogP contribution in [0.4, 0.5) is 0 Å². The van der Waals surface area contributed by atoms with Crippen LogP contribution in [0.25, 0.3) is 0 Å². The molecule has 132 valence electrons. The molecular weight excluding hydrogens is 272 g/mol. The van der Waals surface area contributed by atoms with Crippen molar-refractivity contribution in [1.29, 1.82) is 0 Å². The Bertz CT molecular complexity index is 329. The Kier molecular flexibility index (Phi) is 8.11. The standard InChI is InChI=1S/C19H40N2O/c1-17(2,3)14-12-10-11-13-15(20-18(4,5)6)16(22)21-19(7,8)9/h15,20H,10-14H2,1-9H3,(H,21,22)/t15-/m0/s1. The van der Waals surface area contributed by atoms with Gasteiger partial charge in [0, 0.05) is 11.1 Å². The van der Waals surface area contributed by atoms with Crippen molar-refractivity contribution < 1.29 is 4.79 Å². The quantitative estimate of drug-likeness (QED) is 0.672. The molecule has 0 aromatic carbocycles. The van der Waals surface area contributed by atoms with E-state index in [9.17, 15) is 4.79 Å². The third kappa shape index (κ3) is 13.1. The summed E-state index contributed by atoms with van der Waals surface area (Å²) in [5, 5.41) is 6.58. The van der Waals surface area contributed by atoms with E-state index in [4.69, 9.17) is 0 Å². The number of hydrogen-bond acceptors (Lipinski definition) is 2. The topological polar surface area (TPSA) is 41.1 Å². The number of carbonyl (C=O) groups excluding carboxylic acids is 1. The molecule has 0 aromatic heterocycles. The molecule has 0 bridgehead atoms. The second-order valence-corrected chi connectivity index (χ2v) is 9.85. The van der Waals surface area contributed by atoms with E-state index in [0.29, 0.717) is 5.41 Å². The lowest BCUT2D eigenvalue weighted by Gasteiger charge is -2.31. The average Bonchev–Trinajstić information content (AvgIpc) is 2.21. The van der Waals surface area contributed by atoms with Crippen LogP contribution in [0.15, 0.2) is 0 Å². The summed E-state index contributed by atoms with van der Waals surface area (Å²) in [6.07, 6.45) is 5.69. The van der Waals surface area contributed by atoms with E-state index in [1.807, 2.05) is 20.8 Å². The van der Waals surface area contributed by atoms with Crippen molar-refractivity contribution in [1.82, 2.24) is 10.6 Å². The van der Waals surface area contributed by atoms with Crippen molar-refractivity contribution in [2.45, 2.75) is 112 Å². The first-order valence-electron chi connectivity index (χ1n) is 8.79. The Hall–Kier alpha value is -0.570. The fraction of sp³-hybridized carbons (Fsp3) is 0.947. The number of unbranched alkanes of at least 4 members (excludes halogenated alkanes) is 2. The van der Waals surface area contributed by atoms with E-state index in [1.165, 1.54) is 19.3 Å². The molecule has 0 spiro atoms. The van der Waals surface area contributed by atoms with E-state index in [-0.39, 0.29) is 23.0 Å². The first kappa shape index (κ1) is 21.4. The predicted octanol–water partition coefficient (Wildman–Crippen LogP) is 4.65. The number of rotatable bonds is 7. The first-order chi connectivity index (χ1) is 9.70. The summed E-state index contributed by atoms with van der Waals surface area (Å²) in [6.45, 7) is 19.3.